The maximum Gasteiger partial charge on any atom is 0.196 e. The van der Waals surface area contributed by atoms with Crippen LogP contribution in [0.4, 0.5) is 0 Å². The molecule has 1 heterocycles. The van der Waals surface area contributed by atoms with Crippen molar-refractivity contribution in [3.63, 3.8) is 0 Å². The molecule has 4 rings (SSSR count). The van der Waals surface area contributed by atoms with Gasteiger partial charge in [0.1, 0.15) is 5.75 Å². The summed E-state index contributed by atoms with van der Waals surface area (Å²) in [5.41, 5.74) is 1.79. The van der Waals surface area contributed by atoms with E-state index in [-0.39, 0.29) is 28.6 Å². The smallest absolute Gasteiger partial charge is 0.196 e. The van der Waals surface area contributed by atoms with Crippen LogP contribution >= 0.6 is 23.4 Å². The molecule has 0 saturated heterocycles. The van der Waals surface area contributed by atoms with Crippen LogP contribution in [0.25, 0.3) is 17.1 Å². The number of thioether (sulfide) groups is 1. The van der Waals surface area contributed by atoms with E-state index in [1.54, 1.807) is 6.07 Å². The van der Waals surface area contributed by atoms with Crippen LogP contribution in [0.15, 0.2) is 71.9 Å². The summed E-state index contributed by atoms with van der Waals surface area (Å²) in [6.07, 6.45) is 0. The Morgan fingerprint density at radius 1 is 1.03 bits per heavy atom. The Kier molecular flexibility index (Phi) is 6.86. The van der Waals surface area contributed by atoms with Crippen LogP contribution in [0, 0.1) is 0 Å². The van der Waals surface area contributed by atoms with E-state index < -0.39 is 0 Å². The zero-order valence-corrected chi connectivity index (χ0v) is 19.2. The molecular formula is C24H20ClN3O4S. The third-order valence-corrected chi connectivity index (χ3v) is 6.04. The van der Waals surface area contributed by atoms with Crippen LogP contribution in [-0.4, -0.2) is 43.1 Å². The van der Waals surface area contributed by atoms with Crippen LogP contribution < -0.4 is 4.74 Å². The highest BCUT2D eigenvalue weighted by atomic mass is 35.5. The summed E-state index contributed by atoms with van der Waals surface area (Å²) in [6, 6.07) is 18.8. The van der Waals surface area contributed by atoms with Crippen LogP contribution in [0.3, 0.4) is 0 Å². The topological polar surface area (TPSA) is 97.5 Å². The summed E-state index contributed by atoms with van der Waals surface area (Å²) in [7, 11) is 0. The van der Waals surface area contributed by atoms with Crippen molar-refractivity contribution >= 4 is 29.1 Å². The number of ether oxygens (including phenoxy) is 1. The number of phenols is 2. The molecule has 3 aromatic carbocycles. The number of nitrogens with zero attached hydrogens (tertiary/aromatic N) is 3. The minimum Gasteiger partial charge on any atom is -0.504 e. The lowest BCUT2D eigenvalue weighted by Crippen LogP contribution is -2.05. The van der Waals surface area contributed by atoms with Crippen molar-refractivity contribution in [2.24, 2.45) is 0 Å². The molecule has 0 unspecified atom stereocenters. The van der Waals surface area contributed by atoms with Crippen LogP contribution in [0.5, 0.6) is 17.2 Å². The number of hydrogen-bond donors (Lipinski definition) is 2. The summed E-state index contributed by atoms with van der Waals surface area (Å²) in [5.74, 6) is 0.494. The maximum absolute atomic E-state index is 12.7. The lowest BCUT2D eigenvalue weighted by atomic mass is 10.1. The van der Waals surface area contributed by atoms with E-state index in [2.05, 4.69) is 10.2 Å². The molecule has 0 aliphatic carbocycles. The summed E-state index contributed by atoms with van der Waals surface area (Å²) >= 11 is 7.63. The highest BCUT2D eigenvalue weighted by Crippen LogP contribution is 2.33. The number of benzene rings is 3. The maximum atomic E-state index is 12.7. The van der Waals surface area contributed by atoms with Gasteiger partial charge in [0.15, 0.2) is 28.3 Å². The molecule has 0 spiro atoms. The van der Waals surface area contributed by atoms with Crippen molar-refractivity contribution in [3.05, 3.63) is 77.3 Å². The number of carbonyl (C=O) groups excluding carboxylic acids is 1. The molecule has 2 N–H and O–H groups in total. The van der Waals surface area contributed by atoms with Gasteiger partial charge in [-0.25, -0.2) is 0 Å². The lowest BCUT2D eigenvalue weighted by molar-refractivity contribution is 0.102. The monoisotopic (exact) mass is 481 g/mol. The SMILES string of the molecule is CCOc1ccc(-n2c(SCC(=O)c3ccc(O)c(O)c3)nnc2-c2ccccc2Cl)cc1. The van der Waals surface area contributed by atoms with E-state index in [1.165, 1.54) is 30.0 Å². The van der Waals surface area contributed by atoms with Gasteiger partial charge in [0.2, 0.25) is 0 Å². The van der Waals surface area contributed by atoms with Gasteiger partial charge in [-0.05, 0) is 61.5 Å². The molecule has 0 fully saturated rings. The average molecular weight is 482 g/mol. The number of phenolic OH excluding ortho intramolecular Hbond substituents is 2. The van der Waals surface area contributed by atoms with Gasteiger partial charge in [0, 0.05) is 16.8 Å². The van der Waals surface area contributed by atoms with Gasteiger partial charge in [0.05, 0.1) is 17.4 Å². The number of rotatable bonds is 8. The number of aromatic hydroxyl groups is 2. The third-order valence-electron chi connectivity index (χ3n) is 4.78. The molecule has 0 radical (unpaired) electrons. The number of Topliss-reactive ketones (excluding diaryl/α,β-unsaturated/α-hetero) is 1. The predicted molar refractivity (Wildman–Crippen MR) is 128 cm³/mol. The second-order valence-corrected chi connectivity index (χ2v) is 8.31. The Morgan fingerprint density at radius 3 is 2.48 bits per heavy atom. The van der Waals surface area contributed by atoms with Crippen molar-refractivity contribution in [2.75, 3.05) is 12.4 Å². The fourth-order valence-electron chi connectivity index (χ4n) is 3.18. The summed E-state index contributed by atoms with van der Waals surface area (Å²) in [4.78, 5) is 12.7. The average Bonchev–Trinajstić information content (AvgIpc) is 3.24. The predicted octanol–water partition coefficient (Wildman–Crippen LogP) is 5.37. The molecular weight excluding hydrogens is 462 g/mol. The van der Waals surface area contributed by atoms with Gasteiger partial charge >= 0.3 is 0 Å². The quantitative estimate of drug-likeness (QED) is 0.198. The number of carbonyl (C=O) groups is 1. The first-order valence-corrected chi connectivity index (χ1v) is 11.5. The first kappa shape index (κ1) is 22.7. The van der Waals surface area contributed by atoms with Crippen molar-refractivity contribution in [3.8, 4) is 34.3 Å². The summed E-state index contributed by atoms with van der Waals surface area (Å²) < 4.78 is 7.38. The van der Waals surface area contributed by atoms with E-state index >= 15 is 0 Å². The molecule has 0 bridgehead atoms. The Morgan fingerprint density at radius 2 is 1.79 bits per heavy atom. The van der Waals surface area contributed by atoms with Crippen LogP contribution in [0.1, 0.15) is 17.3 Å². The molecule has 1 aromatic heterocycles. The molecule has 0 atom stereocenters. The second kappa shape index (κ2) is 9.97. The first-order chi connectivity index (χ1) is 16.0. The molecule has 4 aromatic rings. The van der Waals surface area contributed by atoms with Crippen molar-refractivity contribution in [1.29, 1.82) is 0 Å². The Hall–Kier alpha value is -3.49. The molecule has 0 aliphatic rings. The molecule has 0 amide bonds. The normalized spacial score (nSPS) is 10.8. The third kappa shape index (κ3) is 4.97. The fraction of sp³-hybridized carbons (Fsp3) is 0.125. The lowest BCUT2D eigenvalue weighted by Gasteiger charge is -2.12. The second-order valence-electron chi connectivity index (χ2n) is 6.96. The van der Waals surface area contributed by atoms with Gasteiger partial charge in [-0.1, -0.05) is 35.5 Å². The summed E-state index contributed by atoms with van der Waals surface area (Å²) in [5, 5.41) is 28.9. The van der Waals surface area contributed by atoms with Crippen LogP contribution in [-0.2, 0) is 0 Å². The summed E-state index contributed by atoms with van der Waals surface area (Å²) in [6.45, 7) is 2.48. The molecule has 7 nitrogen and oxygen atoms in total. The minimum atomic E-state index is -0.343. The Balaban J connectivity index is 1.68. The van der Waals surface area contributed by atoms with E-state index in [0.717, 1.165) is 11.4 Å². The van der Waals surface area contributed by atoms with Gasteiger partial charge in [-0.2, -0.15) is 0 Å². The first-order valence-electron chi connectivity index (χ1n) is 10.1. The van der Waals surface area contributed by atoms with Crippen LogP contribution in [0.2, 0.25) is 5.02 Å². The Labute approximate surface area is 199 Å². The van der Waals surface area contributed by atoms with E-state index in [0.29, 0.717) is 28.2 Å². The molecule has 33 heavy (non-hydrogen) atoms. The number of ketones is 1. The molecule has 9 heteroatoms. The van der Waals surface area contributed by atoms with E-state index in [4.69, 9.17) is 16.3 Å². The zero-order valence-electron chi connectivity index (χ0n) is 17.6. The van der Waals surface area contributed by atoms with Crippen molar-refractivity contribution in [2.45, 2.75) is 12.1 Å². The highest BCUT2D eigenvalue weighted by molar-refractivity contribution is 7.99. The van der Waals surface area contributed by atoms with E-state index in [1.807, 2.05) is 54.0 Å². The van der Waals surface area contributed by atoms with Crippen molar-refractivity contribution in [1.82, 2.24) is 14.8 Å². The Bertz CT molecular complexity index is 1290. The van der Waals surface area contributed by atoms with Gasteiger partial charge < -0.3 is 14.9 Å². The zero-order chi connectivity index (χ0) is 23.4. The molecule has 0 aliphatic heterocycles. The number of hydrogen-bond acceptors (Lipinski definition) is 7. The van der Waals surface area contributed by atoms with Gasteiger partial charge in [-0.3, -0.25) is 9.36 Å². The van der Waals surface area contributed by atoms with Gasteiger partial charge in [0.25, 0.3) is 0 Å². The molecule has 0 saturated carbocycles. The standard InChI is InChI=1S/C24H20ClN3O4S/c1-2-32-17-10-8-16(9-11-17)28-23(18-5-3-4-6-19(18)25)26-27-24(28)33-14-22(31)15-7-12-20(29)21(30)13-15/h3-13,29-30H,2,14H2,1H3. The highest BCUT2D eigenvalue weighted by Gasteiger charge is 2.19. The minimum absolute atomic E-state index is 0.0574. The largest absolute Gasteiger partial charge is 0.504 e. The van der Waals surface area contributed by atoms with E-state index in [9.17, 15) is 15.0 Å². The van der Waals surface area contributed by atoms with Crippen molar-refractivity contribution < 1.29 is 19.7 Å². The number of halogens is 1. The number of aromatic nitrogens is 3. The fourth-order valence-corrected chi connectivity index (χ4v) is 4.25. The molecule has 168 valence electrons. The van der Waals surface area contributed by atoms with Gasteiger partial charge in [-0.15, -0.1) is 10.2 Å².